The van der Waals surface area contributed by atoms with Crippen LogP contribution in [0.5, 0.6) is 17.2 Å². The van der Waals surface area contributed by atoms with Gasteiger partial charge in [0.05, 0.1) is 32.9 Å². The van der Waals surface area contributed by atoms with Crippen LogP contribution in [0.1, 0.15) is 18.5 Å². The molecule has 0 saturated heterocycles. The van der Waals surface area contributed by atoms with E-state index in [9.17, 15) is 4.79 Å². The summed E-state index contributed by atoms with van der Waals surface area (Å²) >= 11 is 5.25. The van der Waals surface area contributed by atoms with Crippen LogP contribution in [0.4, 0.5) is 0 Å². The molecule has 0 bridgehead atoms. The molecule has 1 aliphatic heterocycles. The van der Waals surface area contributed by atoms with Gasteiger partial charge in [0.15, 0.2) is 16.6 Å². The first-order chi connectivity index (χ1) is 12.5. The lowest BCUT2D eigenvalue weighted by Crippen LogP contribution is -2.45. The molecule has 2 rings (SSSR count). The van der Waals surface area contributed by atoms with Crippen molar-refractivity contribution in [1.82, 2.24) is 10.6 Å². The first-order valence-corrected chi connectivity index (χ1v) is 8.23. The number of hydrogen-bond acceptors (Lipinski definition) is 6. The number of benzene rings is 1. The Hall–Kier alpha value is -2.74. The Morgan fingerprint density at radius 2 is 1.85 bits per heavy atom. The topological polar surface area (TPSA) is 78.1 Å². The minimum Gasteiger partial charge on any atom is -0.493 e. The average Bonchev–Trinajstić information content (AvgIpc) is 2.64. The molecule has 26 heavy (non-hydrogen) atoms. The van der Waals surface area contributed by atoms with Crippen molar-refractivity contribution in [3.63, 3.8) is 0 Å². The maximum absolute atomic E-state index is 12.6. The number of nitrogens with one attached hydrogen (secondary N) is 2. The summed E-state index contributed by atoms with van der Waals surface area (Å²) in [6.45, 7) is 5.44. The van der Waals surface area contributed by atoms with Crippen molar-refractivity contribution in [3.8, 4) is 17.2 Å². The van der Waals surface area contributed by atoms with Crippen LogP contribution in [0.2, 0.25) is 0 Å². The first-order valence-electron chi connectivity index (χ1n) is 7.83. The zero-order valence-electron chi connectivity index (χ0n) is 15.2. The van der Waals surface area contributed by atoms with Crippen LogP contribution in [-0.2, 0) is 9.53 Å². The van der Waals surface area contributed by atoms with E-state index in [1.54, 1.807) is 19.1 Å². The number of ether oxygens (including phenoxy) is 4. The lowest BCUT2D eigenvalue weighted by atomic mass is 9.95. The zero-order valence-corrected chi connectivity index (χ0v) is 16.0. The summed E-state index contributed by atoms with van der Waals surface area (Å²) in [5.74, 6) is 0.949. The van der Waals surface area contributed by atoms with Gasteiger partial charge >= 0.3 is 5.97 Å². The van der Waals surface area contributed by atoms with Crippen molar-refractivity contribution in [2.75, 3.05) is 27.9 Å². The van der Waals surface area contributed by atoms with Gasteiger partial charge in [0.1, 0.15) is 6.61 Å². The fourth-order valence-corrected chi connectivity index (χ4v) is 2.97. The molecule has 0 aromatic heterocycles. The molecule has 1 aliphatic rings. The van der Waals surface area contributed by atoms with Gasteiger partial charge in [-0.15, -0.1) is 0 Å². The third kappa shape index (κ3) is 3.91. The molecule has 1 heterocycles. The van der Waals surface area contributed by atoms with E-state index < -0.39 is 12.0 Å². The molecule has 0 fully saturated rings. The van der Waals surface area contributed by atoms with E-state index in [-0.39, 0.29) is 6.61 Å². The molecule has 8 heteroatoms. The van der Waals surface area contributed by atoms with Crippen LogP contribution in [0, 0.1) is 0 Å². The van der Waals surface area contributed by atoms with Gasteiger partial charge in [0.2, 0.25) is 5.75 Å². The molecular formula is C18H22N2O5S. The normalized spacial score (nSPS) is 16.3. The van der Waals surface area contributed by atoms with E-state index in [4.69, 9.17) is 31.2 Å². The van der Waals surface area contributed by atoms with Crippen LogP contribution in [0.15, 0.2) is 36.1 Å². The Kier molecular flexibility index (Phi) is 6.46. The van der Waals surface area contributed by atoms with E-state index >= 15 is 0 Å². The Morgan fingerprint density at radius 1 is 1.23 bits per heavy atom. The van der Waals surface area contributed by atoms with Gasteiger partial charge in [-0.2, -0.15) is 0 Å². The smallest absolute Gasteiger partial charge is 0.338 e. The van der Waals surface area contributed by atoms with Gasteiger partial charge < -0.3 is 29.6 Å². The highest BCUT2D eigenvalue weighted by Crippen LogP contribution is 2.41. The molecule has 7 nitrogen and oxygen atoms in total. The van der Waals surface area contributed by atoms with E-state index in [0.717, 1.165) is 0 Å². The van der Waals surface area contributed by atoms with Crippen molar-refractivity contribution in [2.24, 2.45) is 0 Å². The number of allylic oxidation sites excluding steroid dienone is 1. The maximum atomic E-state index is 12.6. The second kappa shape index (κ2) is 8.57. The van der Waals surface area contributed by atoms with E-state index in [1.165, 1.54) is 27.4 Å². The monoisotopic (exact) mass is 378 g/mol. The third-order valence-corrected chi connectivity index (χ3v) is 4.06. The van der Waals surface area contributed by atoms with Crippen LogP contribution >= 0.6 is 12.2 Å². The van der Waals surface area contributed by atoms with Crippen LogP contribution < -0.4 is 24.8 Å². The highest BCUT2D eigenvalue weighted by molar-refractivity contribution is 7.80. The molecule has 140 valence electrons. The van der Waals surface area contributed by atoms with Crippen LogP contribution in [0.3, 0.4) is 0 Å². The van der Waals surface area contributed by atoms with Crippen molar-refractivity contribution < 1.29 is 23.7 Å². The molecule has 0 spiro atoms. The fraction of sp³-hybridized carbons (Fsp3) is 0.333. The van der Waals surface area contributed by atoms with Gasteiger partial charge in [-0.05, 0) is 36.8 Å². The molecule has 0 unspecified atom stereocenters. The summed E-state index contributed by atoms with van der Waals surface area (Å²) in [7, 11) is 4.59. The largest absolute Gasteiger partial charge is 0.493 e. The molecule has 1 aromatic rings. The Labute approximate surface area is 157 Å². The van der Waals surface area contributed by atoms with Gasteiger partial charge in [-0.3, -0.25) is 0 Å². The fourth-order valence-electron chi connectivity index (χ4n) is 2.69. The highest BCUT2D eigenvalue weighted by Gasteiger charge is 2.32. The Morgan fingerprint density at radius 3 is 2.35 bits per heavy atom. The summed E-state index contributed by atoms with van der Waals surface area (Å²) in [6.07, 6.45) is 1.51. The predicted octanol–water partition coefficient (Wildman–Crippen LogP) is 2.23. The summed E-state index contributed by atoms with van der Waals surface area (Å²) in [4.78, 5) is 12.6. The molecule has 0 amide bonds. The Balaban J connectivity index is 2.55. The number of hydrogen-bond donors (Lipinski definition) is 2. The molecule has 1 atom stereocenters. The zero-order chi connectivity index (χ0) is 19.3. The molecule has 0 aliphatic carbocycles. The van der Waals surface area contributed by atoms with Crippen LogP contribution in [-0.4, -0.2) is 39.0 Å². The van der Waals surface area contributed by atoms with Gasteiger partial charge in [-0.1, -0.05) is 12.7 Å². The Bertz CT molecular complexity index is 735. The summed E-state index contributed by atoms with van der Waals surface area (Å²) < 4.78 is 21.4. The van der Waals surface area contributed by atoms with E-state index in [0.29, 0.717) is 39.2 Å². The number of carbonyl (C=O) groups excluding carboxylic acids is 1. The van der Waals surface area contributed by atoms with Crippen molar-refractivity contribution in [3.05, 3.63) is 41.6 Å². The maximum Gasteiger partial charge on any atom is 0.338 e. The number of thiocarbonyl (C=S) groups is 1. The second-order valence-corrected chi connectivity index (χ2v) is 5.82. The average molecular weight is 378 g/mol. The third-order valence-electron chi connectivity index (χ3n) is 3.84. The summed E-state index contributed by atoms with van der Waals surface area (Å²) in [6, 6.07) is 3.00. The van der Waals surface area contributed by atoms with Gasteiger partial charge in [0.25, 0.3) is 0 Å². The van der Waals surface area contributed by atoms with Crippen molar-refractivity contribution >= 4 is 23.3 Å². The number of esters is 1. The number of rotatable bonds is 7. The predicted molar refractivity (Wildman–Crippen MR) is 102 cm³/mol. The van der Waals surface area contributed by atoms with Gasteiger partial charge in [-0.25, -0.2) is 4.79 Å². The number of methoxy groups -OCH3 is 3. The lowest BCUT2D eigenvalue weighted by molar-refractivity contribution is -0.138. The first kappa shape index (κ1) is 19.6. The molecule has 0 saturated carbocycles. The van der Waals surface area contributed by atoms with Crippen molar-refractivity contribution in [2.45, 2.75) is 13.0 Å². The SMILES string of the molecule is C=CCOC(=O)C1=C(C)NC(=S)N[C@H]1c1cc(OC)c(OC)c(OC)c1. The second-order valence-electron chi connectivity index (χ2n) is 5.42. The van der Waals surface area contributed by atoms with Crippen molar-refractivity contribution in [1.29, 1.82) is 0 Å². The minimum atomic E-state index is -0.533. The number of carbonyl (C=O) groups is 1. The van der Waals surface area contributed by atoms with E-state index in [1.807, 2.05) is 0 Å². The molecular weight excluding hydrogens is 356 g/mol. The lowest BCUT2D eigenvalue weighted by Gasteiger charge is -2.30. The van der Waals surface area contributed by atoms with E-state index in [2.05, 4.69) is 17.2 Å². The summed E-state index contributed by atoms with van der Waals surface area (Å²) in [5.41, 5.74) is 1.74. The molecule has 0 radical (unpaired) electrons. The van der Waals surface area contributed by atoms with Gasteiger partial charge in [0, 0.05) is 5.70 Å². The highest BCUT2D eigenvalue weighted by atomic mass is 32.1. The van der Waals surface area contributed by atoms with Crippen LogP contribution in [0.25, 0.3) is 0 Å². The molecule has 1 aromatic carbocycles. The standard InChI is InChI=1S/C18H22N2O5S/c1-6-7-25-17(21)14-10(2)19-18(26)20-15(14)11-8-12(22-3)16(24-5)13(9-11)23-4/h6,8-9,15H,1,7H2,2-5H3,(H2,19,20,26)/t15-/m0/s1. The quantitative estimate of drug-likeness (QED) is 0.425. The summed E-state index contributed by atoms with van der Waals surface area (Å²) in [5, 5.41) is 6.45. The molecule has 2 N–H and O–H groups in total. The minimum absolute atomic E-state index is 0.113.